The van der Waals surface area contributed by atoms with Crippen LogP contribution in [0.5, 0.6) is 0 Å². The van der Waals surface area contributed by atoms with Gasteiger partial charge in [-0.3, -0.25) is 5.41 Å². The van der Waals surface area contributed by atoms with Gasteiger partial charge >= 0.3 is 0 Å². The smallest absolute Gasteiger partial charge is 0.185 e. The van der Waals surface area contributed by atoms with Crippen LogP contribution in [0.3, 0.4) is 0 Å². The van der Waals surface area contributed by atoms with Crippen molar-refractivity contribution < 1.29 is 0 Å². The van der Waals surface area contributed by atoms with Gasteiger partial charge in [0.1, 0.15) is 5.84 Å². The largest absolute Gasteiger partial charge is 0.383 e. The van der Waals surface area contributed by atoms with E-state index in [4.69, 9.17) is 11.1 Å². The van der Waals surface area contributed by atoms with Crippen LogP contribution in [0.1, 0.15) is 29.3 Å². The molecule has 0 amide bonds. The summed E-state index contributed by atoms with van der Waals surface area (Å²) in [4.78, 5) is 7.34. The molecule has 1 aliphatic carbocycles. The van der Waals surface area contributed by atoms with E-state index in [1.54, 1.807) is 0 Å². The minimum absolute atomic E-state index is 0.150. The summed E-state index contributed by atoms with van der Waals surface area (Å²) in [5, 5.41) is 8.42. The first-order valence-corrected chi connectivity index (χ1v) is 5.43. The van der Waals surface area contributed by atoms with Crippen LogP contribution in [-0.2, 0) is 0 Å². The fourth-order valence-electron chi connectivity index (χ4n) is 1.34. The number of nitrogens with zero attached hydrogens (tertiary/aromatic N) is 2. The zero-order valence-electron chi connectivity index (χ0n) is 8.37. The molecule has 1 fully saturated rings. The van der Waals surface area contributed by atoms with Crippen molar-refractivity contribution in [3.63, 3.8) is 0 Å². The second-order valence-corrected chi connectivity index (χ2v) is 4.77. The van der Waals surface area contributed by atoms with E-state index in [0.717, 1.165) is 15.7 Å². The highest BCUT2D eigenvalue weighted by atomic mass is 32.1. The van der Waals surface area contributed by atoms with Crippen molar-refractivity contribution in [2.75, 3.05) is 19.0 Å². The number of nitrogens with one attached hydrogen (secondary N) is 1. The highest BCUT2D eigenvalue weighted by Gasteiger charge is 2.30. The summed E-state index contributed by atoms with van der Waals surface area (Å²) in [6, 6.07) is 0. The van der Waals surface area contributed by atoms with Gasteiger partial charge in [0, 0.05) is 20.0 Å². The first-order chi connectivity index (χ1) is 6.59. The Morgan fingerprint density at radius 1 is 1.57 bits per heavy atom. The summed E-state index contributed by atoms with van der Waals surface area (Å²) >= 11 is 1.51. The number of anilines is 1. The normalized spacial score (nSPS) is 15.6. The van der Waals surface area contributed by atoms with Crippen LogP contribution in [0.2, 0.25) is 0 Å². The maximum Gasteiger partial charge on any atom is 0.185 e. The van der Waals surface area contributed by atoms with Crippen molar-refractivity contribution >= 4 is 22.3 Å². The minimum Gasteiger partial charge on any atom is -0.383 e. The molecule has 1 aromatic rings. The lowest BCUT2D eigenvalue weighted by Crippen LogP contribution is -2.11. The van der Waals surface area contributed by atoms with Crippen LogP contribution >= 0.6 is 11.3 Å². The lowest BCUT2D eigenvalue weighted by Gasteiger charge is -2.05. The van der Waals surface area contributed by atoms with Crippen molar-refractivity contribution in [1.29, 1.82) is 5.41 Å². The molecule has 76 valence electrons. The number of aromatic nitrogens is 1. The summed E-state index contributed by atoms with van der Waals surface area (Å²) in [6.45, 7) is 0. The Labute approximate surface area is 87.3 Å². The molecule has 1 heterocycles. The van der Waals surface area contributed by atoms with Gasteiger partial charge in [-0.1, -0.05) is 11.3 Å². The summed E-state index contributed by atoms with van der Waals surface area (Å²) < 4.78 is 0. The van der Waals surface area contributed by atoms with Crippen LogP contribution < -0.4 is 10.6 Å². The number of rotatable bonds is 3. The van der Waals surface area contributed by atoms with Crippen molar-refractivity contribution in [2.45, 2.75) is 18.8 Å². The predicted octanol–water partition coefficient (Wildman–Crippen LogP) is 1.37. The van der Waals surface area contributed by atoms with Gasteiger partial charge < -0.3 is 10.6 Å². The minimum atomic E-state index is 0.150. The number of nitrogens with two attached hydrogens (primary N) is 1. The van der Waals surface area contributed by atoms with Gasteiger partial charge in [0.25, 0.3) is 0 Å². The number of hydrogen-bond donors (Lipinski definition) is 2. The first kappa shape index (κ1) is 9.45. The standard InChI is InChI=1S/C9H14N4S/c1-13(2)9-12-6(5-3-4-5)7(14-9)8(10)11/h5H,3-4H2,1-2H3,(H3,10,11). The molecule has 1 saturated carbocycles. The number of hydrogen-bond acceptors (Lipinski definition) is 4. The third-order valence-electron chi connectivity index (χ3n) is 2.23. The van der Waals surface area contributed by atoms with E-state index in [2.05, 4.69) is 4.98 Å². The molecule has 3 N–H and O–H groups in total. The van der Waals surface area contributed by atoms with Gasteiger partial charge in [-0.25, -0.2) is 4.98 Å². The molecule has 0 spiro atoms. The summed E-state index contributed by atoms with van der Waals surface area (Å²) in [5.74, 6) is 0.705. The molecule has 0 aliphatic heterocycles. The van der Waals surface area contributed by atoms with Gasteiger partial charge in [-0.15, -0.1) is 0 Å². The zero-order chi connectivity index (χ0) is 10.3. The number of nitrogen functional groups attached to an aromatic ring is 1. The Morgan fingerprint density at radius 3 is 2.64 bits per heavy atom. The van der Waals surface area contributed by atoms with E-state index in [-0.39, 0.29) is 5.84 Å². The molecular weight excluding hydrogens is 196 g/mol. The molecule has 0 atom stereocenters. The molecule has 1 aliphatic rings. The molecule has 1 aromatic heterocycles. The van der Waals surface area contributed by atoms with Crippen LogP contribution in [0.15, 0.2) is 0 Å². The monoisotopic (exact) mass is 210 g/mol. The fourth-order valence-corrected chi connectivity index (χ4v) is 2.27. The van der Waals surface area contributed by atoms with Crippen LogP contribution in [0.25, 0.3) is 0 Å². The van der Waals surface area contributed by atoms with E-state index in [0.29, 0.717) is 5.92 Å². The molecule has 0 radical (unpaired) electrons. The SMILES string of the molecule is CN(C)c1nc(C2CC2)c(C(=N)N)s1. The quantitative estimate of drug-likeness (QED) is 0.585. The van der Waals surface area contributed by atoms with E-state index in [9.17, 15) is 0 Å². The molecule has 2 rings (SSSR count). The van der Waals surface area contributed by atoms with Crippen molar-refractivity contribution in [2.24, 2.45) is 5.73 Å². The Kier molecular flexibility index (Phi) is 2.19. The van der Waals surface area contributed by atoms with Crippen LogP contribution in [0.4, 0.5) is 5.13 Å². The zero-order valence-corrected chi connectivity index (χ0v) is 9.19. The first-order valence-electron chi connectivity index (χ1n) is 4.62. The number of amidine groups is 1. The molecule has 14 heavy (non-hydrogen) atoms. The molecular formula is C9H14N4S. The highest BCUT2D eigenvalue weighted by molar-refractivity contribution is 7.17. The Balaban J connectivity index is 2.40. The molecule has 4 nitrogen and oxygen atoms in total. The number of thiazole rings is 1. The molecule has 5 heteroatoms. The fraction of sp³-hybridized carbons (Fsp3) is 0.556. The second kappa shape index (κ2) is 3.24. The molecule has 0 unspecified atom stereocenters. The average molecular weight is 210 g/mol. The van der Waals surface area contributed by atoms with Gasteiger partial charge in [-0.05, 0) is 12.8 Å². The van der Waals surface area contributed by atoms with Crippen LogP contribution in [0, 0.1) is 5.41 Å². The third kappa shape index (κ3) is 1.59. The van der Waals surface area contributed by atoms with Crippen molar-refractivity contribution in [3.8, 4) is 0 Å². The lowest BCUT2D eigenvalue weighted by molar-refractivity contribution is 1.01. The van der Waals surface area contributed by atoms with E-state index in [1.165, 1.54) is 24.2 Å². The van der Waals surface area contributed by atoms with E-state index < -0.39 is 0 Å². The lowest BCUT2D eigenvalue weighted by atomic mass is 10.2. The summed E-state index contributed by atoms with van der Waals surface area (Å²) in [7, 11) is 3.92. The van der Waals surface area contributed by atoms with E-state index in [1.807, 2.05) is 19.0 Å². The van der Waals surface area contributed by atoms with E-state index >= 15 is 0 Å². The second-order valence-electron chi connectivity index (χ2n) is 3.79. The van der Waals surface area contributed by atoms with Gasteiger partial charge in [0.15, 0.2) is 5.13 Å². The Morgan fingerprint density at radius 2 is 2.21 bits per heavy atom. The van der Waals surface area contributed by atoms with Gasteiger partial charge in [0.2, 0.25) is 0 Å². The summed E-state index contributed by atoms with van der Waals surface area (Å²) in [5.41, 5.74) is 6.56. The predicted molar refractivity (Wildman–Crippen MR) is 59.4 cm³/mol. The molecule has 0 bridgehead atoms. The topological polar surface area (TPSA) is 66.0 Å². The van der Waals surface area contributed by atoms with Crippen LogP contribution in [-0.4, -0.2) is 24.9 Å². The third-order valence-corrected chi connectivity index (χ3v) is 3.51. The van der Waals surface area contributed by atoms with Gasteiger partial charge in [0.05, 0.1) is 10.6 Å². The maximum atomic E-state index is 7.48. The maximum absolute atomic E-state index is 7.48. The van der Waals surface area contributed by atoms with Crippen molar-refractivity contribution in [3.05, 3.63) is 10.6 Å². The molecule has 0 aromatic carbocycles. The van der Waals surface area contributed by atoms with Gasteiger partial charge in [-0.2, -0.15) is 0 Å². The summed E-state index contributed by atoms with van der Waals surface area (Å²) in [6.07, 6.45) is 2.38. The van der Waals surface area contributed by atoms with Crippen molar-refractivity contribution in [1.82, 2.24) is 4.98 Å². The average Bonchev–Trinajstić information content (AvgIpc) is 2.83. The molecule has 0 saturated heterocycles. The Hall–Kier alpha value is -1.10. The Bertz CT molecular complexity index is 365. The highest BCUT2D eigenvalue weighted by Crippen LogP contribution is 2.43.